The Morgan fingerprint density at radius 1 is 0.912 bits per heavy atom. The van der Waals surface area contributed by atoms with Crippen molar-refractivity contribution in [3.05, 3.63) is 32.8 Å². The zero-order valence-electron chi connectivity index (χ0n) is 20.3. The Bertz CT molecular complexity index is 1200. The van der Waals surface area contributed by atoms with Crippen molar-refractivity contribution in [2.75, 3.05) is 29.9 Å². The van der Waals surface area contributed by atoms with E-state index in [0.717, 1.165) is 37.8 Å². The highest BCUT2D eigenvalue weighted by atomic mass is 16.5. The number of rotatable bonds is 5. The number of hydrogen-bond acceptors (Lipinski definition) is 6. The number of aryl methyl sites for hydroxylation is 2. The van der Waals surface area contributed by atoms with Crippen molar-refractivity contribution >= 4 is 34.3 Å². The summed E-state index contributed by atoms with van der Waals surface area (Å²) in [6.45, 7) is 3.43. The van der Waals surface area contributed by atoms with Gasteiger partial charge in [0.1, 0.15) is 0 Å². The van der Waals surface area contributed by atoms with Crippen LogP contribution in [0.2, 0.25) is 0 Å². The SMILES string of the molecule is CCOC(=O)C1CCN(c2cc3c(cc2NC(=O)C2CCCCC2)n(C)c(=O)c(=O)n3C)CC1. The number of piperidine rings is 1. The first-order valence-electron chi connectivity index (χ1n) is 12.3. The number of nitrogens with zero attached hydrogens (tertiary/aromatic N) is 3. The number of ether oxygens (including phenoxy) is 1. The summed E-state index contributed by atoms with van der Waals surface area (Å²) < 4.78 is 7.89. The minimum Gasteiger partial charge on any atom is -0.466 e. The molecule has 1 saturated carbocycles. The number of esters is 1. The molecule has 2 fully saturated rings. The van der Waals surface area contributed by atoms with Gasteiger partial charge >= 0.3 is 17.1 Å². The van der Waals surface area contributed by atoms with Gasteiger partial charge in [-0.3, -0.25) is 19.2 Å². The number of hydrogen-bond donors (Lipinski definition) is 1. The maximum absolute atomic E-state index is 13.1. The van der Waals surface area contributed by atoms with Gasteiger partial charge in [0.2, 0.25) is 5.91 Å². The molecule has 2 heterocycles. The molecule has 0 spiro atoms. The Labute approximate surface area is 198 Å². The number of nitrogens with one attached hydrogen (secondary N) is 1. The zero-order chi connectivity index (χ0) is 24.4. The summed E-state index contributed by atoms with van der Waals surface area (Å²) in [4.78, 5) is 52.3. The summed E-state index contributed by atoms with van der Waals surface area (Å²) in [5, 5.41) is 3.13. The topological polar surface area (TPSA) is 103 Å². The van der Waals surface area contributed by atoms with Crippen LogP contribution in [0.1, 0.15) is 51.9 Å². The zero-order valence-corrected chi connectivity index (χ0v) is 20.3. The van der Waals surface area contributed by atoms with Gasteiger partial charge in [0.05, 0.1) is 34.9 Å². The van der Waals surface area contributed by atoms with E-state index >= 15 is 0 Å². The van der Waals surface area contributed by atoms with Gasteiger partial charge < -0.3 is 24.1 Å². The molecule has 0 radical (unpaired) electrons. The van der Waals surface area contributed by atoms with E-state index in [1.54, 1.807) is 27.1 Å². The normalized spacial score (nSPS) is 17.7. The smallest absolute Gasteiger partial charge is 0.316 e. The van der Waals surface area contributed by atoms with Gasteiger partial charge in [0, 0.05) is 33.1 Å². The van der Waals surface area contributed by atoms with Crippen LogP contribution < -0.4 is 21.3 Å². The van der Waals surface area contributed by atoms with Crippen molar-refractivity contribution in [1.29, 1.82) is 0 Å². The molecule has 1 aliphatic carbocycles. The summed E-state index contributed by atoms with van der Waals surface area (Å²) in [7, 11) is 3.16. The van der Waals surface area contributed by atoms with E-state index in [2.05, 4.69) is 10.2 Å². The molecule has 1 saturated heterocycles. The third-order valence-corrected chi connectivity index (χ3v) is 7.30. The lowest BCUT2D eigenvalue weighted by atomic mass is 9.88. The Morgan fingerprint density at radius 3 is 2.09 bits per heavy atom. The second-order valence-electron chi connectivity index (χ2n) is 9.42. The first-order chi connectivity index (χ1) is 16.3. The van der Waals surface area contributed by atoms with Crippen molar-refractivity contribution < 1.29 is 14.3 Å². The summed E-state index contributed by atoms with van der Waals surface area (Å²) in [6.07, 6.45) is 6.34. The third-order valence-electron chi connectivity index (χ3n) is 7.30. The number of amides is 1. The molecule has 1 aromatic carbocycles. The fraction of sp³-hybridized carbons (Fsp3) is 0.600. The van der Waals surface area contributed by atoms with Gasteiger partial charge in [-0.2, -0.15) is 0 Å². The predicted octanol–water partition coefficient (Wildman–Crippen LogP) is 2.54. The van der Waals surface area contributed by atoms with Crippen molar-refractivity contribution in [3.8, 4) is 0 Å². The molecular formula is C25H34N4O5. The van der Waals surface area contributed by atoms with Crippen molar-refractivity contribution in [2.45, 2.75) is 51.9 Å². The Balaban J connectivity index is 1.72. The fourth-order valence-corrected chi connectivity index (χ4v) is 5.19. The average Bonchev–Trinajstić information content (AvgIpc) is 2.86. The van der Waals surface area contributed by atoms with Crippen molar-refractivity contribution in [1.82, 2.24) is 9.13 Å². The molecule has 1 aliphatic heterocycles. The van der Waals surface area contributed by atoms with Gasteiger partial charge in [-0.25, -0.2) is 0 Å². The van der Waals surface area contributed by atoms with Crippen LogP contribution in [0, 0.1) is 11.8 Å². The standard InChI is InChI=1S/C25H34N4O5/c1-4-34-25(33)17-10-12-29(13-11-17)19-15-21-20(27(2)23(31)24(32)28(21)3)14-18(19)26-22(30)16-8-6-5-7-9-16/h14-17H,4-13H2,1-3H3,(H,26,30). The van der Waals surface area contributed by atoms with Gasteiger partial charge in [-0.1, -0.05) is 19.3 Å². The molecule has 0 atom stereocenters. The highest BCUT2D eigenvalue weighted by molar-refractivity contribution is 5.99. The minimum absolute atomic E-state index is 0.00321. The summed E-state index contributed by atoms with van der Waals surface area (Å²) in [6, 6.07) is 3.67. The predicted molar refractivity (Wildman–Crippen MR) is 131 cm³/mol. The van der Waals surface area contributed by atoms with Crippen molar-refractivity contribution in [2.24, 2.45) is 25.9 Å². The molecule has 1 aromatic heterocycles. The molecule has 2 aliphatic rings. The molecular weight excluding hydrogens is 436 g/mol. The molecule has 9 heteroatoms. The number of benzene rings is 1. The number of aromatic nitrogens is 2. The van der Waals surface area contributed by atoms with Crippen LogP contribution in [0.3, 0.4) is 0 Å². The molecule has 1 amide bonds. The maximum atomic E-state index is 13.1. The summed E-state index contributed by atoms with van der Waals surface area (Å²) in [5.74, 6) is -0.321. The Hall–Kier alpha value is -3.10. The average molecular weight is 471 g/mol. The van der Waals surface area contributed by atoms with E-state index in [4.69, 9.17) is 4.74 Å². The lowest BCUT2D eigenvalue weighted by molar-refractivity contribution is -0.148. The van der Waals surface area contributed by atoms with Gasteiger partial charge in [0.15, 0.2) is 0 Å². The number of anilines is 2. The Morgan fingerprint density at radius 2 is 1.50 bits per heavy atom. The summed E-state index contributed by atoms with van der Waals surface area (Å²) in [5.41, 5.74) is 1.42. The fourth-order valence-electron chi connectivity index (χ4n) is 5.19. The molecule has 2 aromatic rings. The number of carbonyl (C=O) groups is 2. The lowest BCUT2D eigenvalue weighted by Gasteiger charge is -2.34. The van der Waals surface area contributed by atoms with Crippen LogP contribution in [-0.4, -0.2) is 40.7 Å². The van der Waals surface area contributed by atoms with Gasteiger partial charge in [-0.05, 0) is 44.7 Å². The third kappa shape index (κ3) is 4.60. The lowest BCUT2D eigenvalue weighted by Crippen LogP contribution is -2.40. The van der Waals surface area contributed by atoms with E-state index in [9.17, 15) is 19.2 Å². The van der Waals surface area contributed by atoms with E-state index in [1.165, 1.54) is 9.13 Å². The quantitative estimate of drug-likeness (QED) is 0.532. The second-order valence-corrected chi connectivity index (χ2v) is 9.42. The van der Waals surface area contributed by atoms with Crippen LogP contribution in [0.4, 0.5) is 11.4 Å². The van der Waals surface area contributed by atoms with Crippen LogP contribution >= 0.6 is 0 Å². The molecule has 4 rings (SSSR count). The van der Waals surface area contributed by atoms with Crippen molar-refractivity contribution in [3.63, 3.8) is 0 Å². The van der Waals surface area contributed by atoms with E-state index in [1.807, 2.05) is 6.07 Å². The van der Waals surface area contributed by atoms with Crippen LogP contribution in [-0.2, 0) is 28.4 Å². The van der Waals surface area contributed by atoms with Gasteiger partial charge in [-0.15, -0.1) is 0 Å². The monoisotopic (exact) mass is 470 g/mol. The number of carbonyl (C=O) groups excluding carboxylic acids is 2. The first kappa shape index (κ1) is 24.0. The van der Waals surface area contributed by atoms with Gasteiger partial charge in [0.25, 0.3) is 0 Å². The molecule has 184 valence electrons. The minimum atomic E-state index is -0.609. The molecule has 34 heavy (non-hydrogen) atoms. The Kier molecular flexibility index (Phi) is 7.09. The van der Waals surface area contributed by atoms with E-state index in [-0.39, 0.29) is 23.7 Å². The van der Waals surface area contributed by atoms with E-state index < -0.39 is 11.1 Å². The largest absolute Gasteiger partial charge is 0.466 e. The second kappa shape index (κ2) is 10.0. The van der Waals surface area contributed by atoms with Crippen LogP contribution in [0.15, 0.2) is 21.7 Å². The summed E-state index contributed by atoms with van der Waals surface area (Å²) >= 11 is 0. The maximum Gasteiger partial charge on any atom is 0.316 e. The highest BCUT2D eigenvalue weighted by Gasteiger charge is 2.29. The first-order valence-corrected chi connectivity index (χ1v) is 12.3. The molecule has 9 nitrogen and oxygen atoms in total. The highest BCUT2D eigenvalue weighted by Crippen LogP contribution is 2.35. The van der Waals surface area contributed by atoms with E-state index in [0.29, 0.717) is 49.3 Å². The number of fused-ring (bicyclic) bond motifs is 1. The molecule has 1 N–H and O–H groups in total. The molecule has 0 unspecified atom stereocenters. The van der Waals surface area contributed by atoms with Crippen LogP contribution in [0.25, 0.3) is 11.0 Å². The van der Waals surface area contributed by atoms with Crippen LogP contribution in [0.5, 0.6) is 0 Å². The molecule has 0 bridgehead atoms.